The number of aromatic amines is 1. The van der Waals surface area contributed by atoms with Crippen molar-refractivity contribution in [3.05, 3.63) is 54.3 Å². The topological polar surface area (TPSA) is 98.1 Å². The number of halogens is 2. The van der Waals surface area contributed by atoms with Crippen LogP contribution in [0.15, 0.2) is 23.0 Å². The molecule has 0 aliphatic rings. The first-order chi connectivity index (χ1) is 11.3. The number of nitrogens with zero attached hydrogens (tertiary/aromatic N) is 2. The van der Waals surface area contributed by atoms with Crippen LogP contribution < -0.4 is 10.3 Å². The van der Waals surface area contributed by atoms with Crippen molar-refractivity contribution < 1.29 is 9.66 Å². The fourth-order valence-corrected chi connectivity index (χ4v) is 2.30. The van der Waals surface area contributed by atoms with Gasteiger partial charge in [-0.15, -0.1) is 5.10 Å². The van der Waals surface area contributed by atoms with Gasteiger partial charge in [-0.2, -0.15) is 0 Å². The smallest absolute Gasteiger partial charge is 0.272 e. The van der Waals surface area contributed by atoms with Crippen LogP contribution in [0.5, 0.6) is 11.6 Å². The normalized spacial score (nSPS) is 10.1. The van der Waals surface area contributed by atoms with Crippen molar-refractivity contribution in [1.29, 1.82) is 0 Å². The van der Waals surface area contributed by atoms with Crippen LogP contribution >= 0.6 is 23.2 Å². The summed E-state index contributed by atoms with van der Waals surface area (Å²) in [6, 6.07) is 3.62. The maximum Gasteiger partial charge on any atom is 0.272 e. The zero-order valence-electron chi connectivity index (χ0n) is 13.6. The minimum atomic E-state index is -0.612. The van der Waals surface area contributed by atoms with Crippen molar-refractivity contribution >= 4 is 28.9 Å². The maximum atomic E-state index is 11.4. The molecular formula is C15H17Cl2N3O4. The Labute approximate surface area is 148 Å². The lowest BCUT2D eigenvalue weighted by Crippen LogP contribution is -2.11. The Hall–Kier alpha value is -2.12. The Morgan fingerprint density at radius 3 is 2.21 bits per heavy atom. The van der Waals surface area contributed by atoms with Crippen LogP contribution in [-0.2, 0) is 0 Å². The predicted molar refractivity (Wildman–Crippen MR) is 93.5 cm³/mol. The number of rotatable bonds is 4. The van der Waals surface area contributed by atoms with Gasteiger partial charge in [-0.1, -0.05) is 50.9 Å². The van der Waals surface area contributed by atoms with Gasteiger partial charge in [-0.05, 0) is 5.92 Å². The van der Waals surface area contributed by atoms with Gasteiger partial charge in [0.15, 0.2) is 5.75 Å². The molecule has 0 atom stereocenters. The number of hydrogen-bond acceptors (Lipinski definition) is 5. The van der Waals surface area contributed by atoms with Crippen LogP contribution in [0.2, 0.25) is 10.0 Å². The molecule has 0 unspecified atom stereocenters. The van der Waals surface area contributed by atoms with E-state index in [4.69, 9.17) is 27.9 Å². The van der Waals surface area contributed by atoms with Crippen LogP contribution in [0.3, 0.4) is 0 Å². The number of nitrogens with one attached hydrogen (secondary N) is 1. The fourth-order valence-electron chi connectivity index (χ4n) is 1.75. The summed E-state index contributed by atoms with van der Waals surface area (Å²) in [6.07, 6.45) is 0. The molecule has 24 heavy (non-hydrogen) atoms. The van der Waals surface area contributed by atoms with Gasteiger partial charge in [-0.3, -0.25) is 14.9 Å². The summed E-state index contributed by atoms with van der Waals surface area (Å²) >= 11 is 12.0. The number of hydrogen-bond donors (Lipinski definition) is 1. The average Bonchev–Trinajstić information content (AvgIpc) is 2.53. The highest BCUT2D eigenvalue weighted by atomic mass is 35.5. The molecule has 1 aromatic heterocycles. The lowest BCUT2D eigenvalue weighted by Gasteiger charge is -2.13. The monoisotopic (exact) mass is 373 g/mol. The summed E-state index contributed by atoms with van der Waals surface area (Å²) in [5, 5.41) is 16.8. The Morgan fingerprint density at radius 1 is 1.21 bits per heavy atom. The molecule has 0 radical (unpaired) electrons. The van der Waals surface area contributed by atoms with E-state index in [1.165, 1.54) is 6.07 Å². The van der Waals surface area contributed by atoms with E-state index in [0.717, 1.165) is 12.1 Å². The fraction of sp³-hybridized carbons (Fsp3) is 0.333. The number of nitro benzene ring substituents is 1. The number of non-ortho nitro benzene ring substituents is 1. The molecule has 0 saturated carbocycles. The van der Waals surface area contributed by atoms with Crippen molar-refractivity contribution in [1.82, 2.24) is 10.2 Å². The van der Waals surface area contributed by atoms with Crippen LogP contribution in [0.25, 0.3) is 0 Å². The van der Waals surface area contributed by atoms with E-state index in [9.17, 15) is 14.9 Å². The third-order valence-electron chi connectivity index (χ3n) is 2.82. The van der Waals surface area contributed by atoms with Crippen LogP contribution in [0.1, 0.15) is 39.2 Å². The molecular weight excluding hydrogens is 357 g/mol. The standard InChI is InChI=1S/C13H11Cl2N3O4.C2H6/c1-6(2)8-5-11(19)16-17-13(8)22-12-9(14)3-7(18(20)21)4-10(12)15;1-2/h3-6H,1-2H3,(H,16,19);1-2H3. The van der Waals surface area contributed by atoms with Gasteiger partial charge in [0.1, 0.15) is 0 Å². The summed E-state index contributed by atoms with van der Waals surface area (Å²) in [7, 11) is 0. The molecule has 0 amide bonds. The van der Waals surface area contributed by atoms with Gasteiger partial charge in [0, 0.05) is 23.8 Å². The summed E-state index contributed by atoms with van der Waals surface area (Å²) in [4.78, 5) is 21.5. The number of aromatic nitrogens is 2. The molecule has 2 aromatic rings. The summed E-state index contributed by atoms with van der Waals surface area (Å²) in [5.74, 6) is 0.142. The molecule has 1 heterocycles. The Balaban J connectivity index is 0.00000139. The maximum absolute atomic E-state index is 11.4. The zero-order chi connectivity index (χ0) is 18.4. The quantitative estimate of drug-likeness (QED) is 0.605. The van der Waals surface area contributed by atoms with Gasteiger partial charge in [0.2, 0.25) is 5.88 Å². The molecule has 0 aliphatic carbocycles. The van der Waals surface area contributed by atoms with Gasteiger partial charge in [0.25, 0.3) is 11.2 Å². The molecule has 0 spiro atoms. The van der Waals surface area contributed by atoms with Crippen molar-refractivity contribution in [2.45, 2.75) is 33.6 Å². The van der Waals surface area contributed by atoms with E-state index in [1.807, 2.05) is 27.7 Å². The minimum absolute atomic E-state index is 0.0260. The lowest BCUT2D eigenvalue weighted by atomic mass is 10.1. The van der Waals surface area contributed by atoms with Crippen LogP contribution in [0.4, 0.5) is 5.69 Å². The van der Waals surface area contributed by atoms with Crippen molar-refractivity contribution in [2.24, 2.45) is 0 Å². The number of ether oxygens (including phenoxy) is 1. The van der Waals surface area contributed by atoms with Crippen molar-refractivity contribution in [3.63, 3.8) is 0 Å². The predicted octanol–water partition coefficient (Wildman–Crippen LogP) is 4.93. The highest BCUT2D eigenvalue weighted by molar-refractivity contribution is 6.37. The van der Waals surface area contributed by atoms with Crippen molar-refractivity contribution in [2.75, 3.05) is 0 Å². The summed E-state index contributed by atoms with van der Waals surface area (Å²) in [5.41, 5.74) is -0.0490. The molecule has 7 nitrogen and oxygen atoms in total. The van der Waals surface area contributed by atoms with Gasteiger partial charge >= 0.3 is 0 Å². The first-order valence-electron chi connectivity index (χ1n) is 7.20. The molecule has 1 aromatic carbocycles. The summed E-state index contributed by atoms with van der Waals surface area (Å²) in [6.45, 7) is 7.73. The number of nitro groups is 1. The van der Waals surface area contributed by atoms with Gasteiger partial charge in [0.05, 0.1) is 15.0 Å². The van der Waals surface area contributed by atoms with Gasteiger partial charge < -0.3 is 4.74 Å². The average molecular weight is 374 g/mol. The minimum Gasteiger partial charge on any atom is -0.434 e. The highest BCUT2D eigenvalue weighted by Crippen LogP contribution is 2.40. The second-order valence-corrected chi connectivity index (χ2v) is 5.56. The SMILES string of the molecule is CC.CC(C)c1cc(=O)[nH]nc1Oc1c(Cl)cc([N+](=O)[O-])cc1Cl. The zero-order valence-corrected chi connectivity index (χ0v) is 15.1. The van der Waals surface area contributed by atoms with Gasteiger partial charge in [-0.25, -0.2) is 5.10 Å². The number of benzene rings is 1. The second-order valence-electron chi connectivity index (χ2n) is 4.75. The third kappa shape index (κ3) is 4.69. The Bertz CT molecular complexity index is 768. The largest absolute Gasteiger partial charge is 0.434 e. The lowest BCUT2D eigenvalue weighted by molar-refractivity contribution is -0.384. The molecule has 9 heteroatoms. The Kier molecular flexibility index (Phi) is 7.18. The summed E-state index contributed by atoms with van der Waals surface area (Å²) < 4.78 is 5.55. The first-order valence-corrected chi connectivity index (χ1v) is 7.96. The molecule has 130 valence electrons. The van der Waals surface area contributed by atoms with E-state index in [1.54, 1.807) is 0 Å². The molecule has 0 saturated heterocycles. The number of H-pyrrole nitrogens is 1. The van der Waals surface area contributed by atoms with E-state index < -0.39 is 4.92 Å². The van der Waals surface area contributed by atoms with E-state index in [2.05, 4.69) is 10.2 Å². The van der Waals surface area contributed by atoms with E-state index in [-0.39, 0.29) is 38.8 Å². The molecule has 0 fully saturated rings. The van der Waals surface area contributed by atoms with Crippen LogP contribution in [0, 0.1) is 10.1 Å². The first kappa shape index (κ1) is 19.9. The molecule has 2 rings (SSSR count). The highest BCUT2D eigenvalue weighted by Gasteiger charge is 2.19. The molecule has 0 aliphatic heterocycles. The van der Waals surface area contributed by atoms with Crippen LogP contribution in [-0.4, -0.2) is 15.1 Å². The third-order valence-corrected chi connectivity index (χ3v) is 3.38. The van der Waals surface area contributed by atoms with Crippen molar-refractivity contribution in [3.8, 4) is 11.6 Å². The van der Waals surface area contributed by atoms with E-state index in [0.29, 0.717) is 5.56 Å². The second kappa shape index (κ2) is 8.65. The van der Waals surface area contributed by atoms with E-state index >= 15 is 0 Å². The Morgan fingerprint density at radius 2 is 1.75 bits per heavy atom. The molecule has 0 bridgehead atoms. The molecule has 1 N–H and O–H groups in total.